The maximum atomic E-state index is 11.9. The van der Waals surface area contributed by atoms with Crippen molar-refractivity contribution in [3.8, 4) is 12.3 Å². The van der Waals surface area contributed by atoms with E-state index >= 15 is 0 Å². The third-order valence-corrected chi connectivity index (χ3v) is 2.98. The van der Waals surface area contributed by atoms with Gasteiger partial charge in [0.05, 0.1) is 0 Å². The topological polar surface area (TPSA) is 34.0 Å². The van der Waals surface area contributed by atoms with Crippen molar-refractivity contribution in [1.82, 2.24) is 9.88 Å². The van der Waals surface area contributed by atoms with Gasteiger partial charge in [0.1, 0.15) is 5.69 Å². The monoisotopic (exact) mass is 280 g/mol. The van der Waals surface area contributed by atoms with E-state index in [0.29, 0.717) is 24.7 Å². The quantitative estimate of drug-likeness (QED) is 0.667. The Morgan fingerprint density at radius 3 is 3.06 bits per heavy atom. The highest BCUT2D eigenvalue weighted by Crippen LogP contribution is 2.37. The number of terminal acetylenes is 1. The molecule has 4 heteroatoms. The molecule has 1 fully saturated rings. The van der Waals surface area contributed by atoms with E-state index in [0.717, 1.165) is 17.3 Å². The zero-order valence-electron chi connectivity index (χ0n) is 8.87. The summed E-state index contributed by atoms with van der Waals surface area (Å²) in [7, 11) is 0. The molecule has 1 aromatic heterocycles. The first kappa shape index (κ1) is 11.3. The lowest BCUT2D eigenvalue weighted by Gasteiger charge is -2.07. The van der Waals surface area contributed by atoms with Gasteiger partial charge in [-0.2, -0.15) is 0 Å². The molecule has 0 saturated heterocycles. The average molecular weight is 281 g/mol. The Kier molecular flexibility index (Phi) is 3.35. The summed E-state index contributed by atoms with van der Waals surface area (Å²) in [6, 6.07) is 2.35. The predicted molar refractivity (Wildman–Crippen MR) is 66.2 cm³/mol. The van der Waals surface area contributed by atoms with E-state index in [1.807, 2.05) is 16.8 Å². The summed E-state index contributed by atoms with van der Waals surface area (Å²) in [5.41, 5.74) is 0.714. The van der Waals surface area contributed by atoms with Gasteiger partial charge in [-0.25, -0.2) is 0 Å². The molecule has 16 heavy (non-hydrogen) atoms. The molecule has 0 atom stereocenters. The van der Waals surface area contributed by atoms with E-state index in [1.165, 1.54) is 0 Å². The minimum Gasteiger partial charge on any atom is -0.350 e. The zero-order chi connectivity index (χ0) is 11.5. The second kappa shape index (κ2) is 4.75. The predicted octanol–water partition coefficient (Wildman–Crippen LogP) is 2.34. The first-order valence-electron chi connectivity index (χ1n) is 5.31. The van der Waals surface area contributed by atoms with Crippen molar-refractivity contribution >= 4 is 21.8 Å². The van der Waals surface area contributed by atoms with Gasteiger partial charge in [0.15, 0.2) is 0 Å². The number of rotatable bonds is 4. The number of hydrogen-bond acceptors (Lipinski definition) is 1. The summed E-state index contributed by atoms with van der Waals surface area (Å²) >= 11 is 3.40. The number of aromatic nitrogens is 1. The molecule has 0 aromatic carbocycles. The van der Waals surface area contributed by atoms with Gasteiger partial charge in [-0.05, 0) is 34.8 Å². The Morgan fingerprint density at radius 2 is 2.44 bits per heavy atom. The summed E-state index contributed by atoms with van der Waals surface area (Å²) in [6.07, 6.45) is 9.98. The molecule has 1 amide bonds. The molecule has 1 saturated carbocycles. The van der Waals surface area contributed by atoms with Crippen LogP contribution in [-0.2, 0) is 0 Å². The van der Waals surface area contributed by atoms with E-state index < -0.39 is 0 Å². The highest BCUT2D eigenvalue weighted by Gasteiger charge is 2.27. The molecule has 0 radical (unpaired) electrons. The lowest BCUT2D eigenvalue weighted by molar-refractivity contribution is 0.0945. The van der Waals surface area contributed by atoms with Gasteiger partial charge < -0.3 is 9.88 Å². The molecule has 0 spiro atoms. The van der Waals surface area contributed by atoms with Crippen molar-refractivity contribution in [2.45, 2.75) is 25.3 Å². The standard InChI is InChI=1S/C12H13BrN2O/c1-2-3-6-14-12(16)11-7-9(13)8-15(11)10-4-5-10/h1,7-8,10H,3-6H2,(H,14,16). The average Bonchev–Trinajstić information content (AvgIpc) is 3.02. The fourth-order valence-corrected chi connectivity index (χ4v) is 2.06. The summed E-state index contributed by atoms with van der Waals surface area (Å²) < 4.78 is 2.98. The Labute approximate surface area is 103 Å². The molecule has 3 nitrogen and oxygen atoms in total. The van der Waals surface area contributed by atoms with Gasteiger partial charge in [-0.3, -0.25) is 4.79 Å². The SMILES string of the molecule is C#CCCNC(=O)c1cc(Br)cn1C1CC1. The van der Waals surface area contributed by atoms with Crippen molar-refractivity contribution in [2.24, 2.45) is 0 Å². The highest BCUT2D eigenvalue weighted by atomic mass is 79.9. The molecule has 1 aromatic rings. The number of hydrogen-bond donors (Lipinski definition) is 1. The second-order valence-electron chi connectivity index (χ2n) is 3.89. The number of carbonyl (C=O) groups is 1. The van der Waals surface area contributed by atoms with Gasteiger partial charge in [0, 0.05) is 29.7 Å². The Hall–Kier alpha value is -1.21. The van der Waals surface area contributed by atoms with Gasteiger partial charge in [0.25, 0.3) is 5.91 Å². The summed E-state index contributed by atoms with van der Waals surface area (Å²) in [4.78, 5) is 11.9. The highest BCUT2D eigenvalue weighted by molar-refractivity contribution is 9.10. The van der Waals surface area contributed by atoms with E-state index in [2.05, 4.69) is 27.2 Å². The summed E-state index contributed by atoms with van der Waals surface area (Å²) in [5, 5.41) is 2.81. The number of halogens is 1. The summed E-state index contributed by atoms with van der Waals surface area (Å²) in [6.45, 7) is 0.531. The number of nitrogens with one attached hydrogen (secondary N) is 1. The molecule has 0 bridgehead atoms. The Bertz CT molecular complexity index is 440. The maximum absolute atomic E-state index is 11.9. The smallest absolute Gasteiger partial charge is 0.267 e. The van der Waals surface area contributed by atoms with Crippen LogP contribution < -0.4 is 5.32 Å². The van der Waals surface area contributed by atoms with Gasteiger partial charge in [0.2, 0.25) is 0 Å². The summed E-state index contributed by atoms with van der Waals surface area (Å²) in [5.74, 6) is 2.45. The van der Waals surface area contributed by atoms with Crippen molar-refractivity contribution < 1.29 is 4.79 Å². The third kappa shape index (κ3) is 2.48. The Morgan fingerprint density at radius 1 is 1.69 bits per heavy atom. The number of carbonyl (C=O) groups excluding carboxylic acids is 1. The zero-order valence-corrected chi connectivity index (χ0v) is 10.5. The van der Waals surface area contributed by atoms with Gasteiger partial charge >= 0.3 is 0 Å². The number of amides is 1. The van der Waals surface area contributed by atoms with Crippen molar-refractivity contribution in [1.29, 1.82) is 0 Å². The first-order chi connectivity index (χ1) is 7.72. The van der Waals surface area contributed by atoms with Crippen LogP contribution in [0.5, 0.6) is 0 Å². The lowest BCUT2D eigenvalue weighted by Crippen LogP contribution is -2.26. The van der Waals surface area contributed by atoms with Crippen LogP contribution in [0.15, 0.2) is 16.7 Å². The van der Waals surface area contributed by atoms with Crippen molar-refractivity contribution in [3.63, 3.8) is 0 Å². The van der Waals surface area contributed by atoms with Crippen LogP contribution >= 0.6 is 15.9 Å². The van der Waals surface area contributed by atoms with Crippen molar-refractivity contribution in [3.05, 3.63) is 22.4 Å². The molecule has 1 aliphatic carbocycles. The van der Waals surface area contributed by atoms with Gasteiger partial charge in [-0.1, -0.05) is 0 Å². The molecule has 0 aliphatic heterocycles. The Balaban J connectivity index is 2.07. The molecule has 1 N–H and O–H groups in total. The van der Waals surface area contributed by atoms with E-state index in [1.54, 1.807) is 0 Å². The molecular weight excluding hydrogens is 268 g/mol. The van der Waals surface area contributed by atoms with E-state index in [9.17, 15) is 4.79 Å². The van der Waals surface area contributed by atoms with Crippen LogP contribution in [-0.4, -0.2) is 17.0 Å². The molecule has 0 unspecified atom stereocenters. The molecular formula is C12H13BrN2O. The molecule has 1 heterocycles. The van der Waals surface area contributed by atoms with Crippen molar-refractivity contribution in [2.75, 3.05) is 6.54 Å². The largest absolute Gasteiger partial charge is 0.350 e. The minimum atomic E-state index is -0.0483. The minimum absolute atomic E-state index is 0.0483. The van der Waals surface area contributed by atoms with E-state index in [-0.39, 0.29) is 5.91 Å². The van der Waals surface area contributed by atoms with Crippen LogP contribution in [0.2, 0.25) is 0 Å². The fourth-order valence-electron chi connectivity index (χ4n) is 1.62. The van der Waals surface area contributed by atoms with Gasteiger partial charge in [-0.15, -0.1) is 12.3 Å². The molecule has 2 rings (SSSR count). The number of nitrogens with zero attached hydrogens (tertiary/aromatic N) is 1. The first-order valence-corrected chi connectivity index (χ1v) is 6.10. The third-order valence-electron chi connectivity index (χ3n) is 2.54. The van der Waals surface area contributed by atoms with Crippen LogP contribution in [0, 0.1) is 12.3 Å². The van der Waals surface area contributed by atoms with Crippen LogP contribution in [0.4, 0.5) is 0 Å². The maximum Gasteiger partial charge on any atom is 0.267 e. The lowest BCUT2D eigenvalue weighted by atomic mass is 10.3. The second-order valence-corrected chi connectivity index (χ2v) is 4.81. The van der Waals surface area contributed by atoms with E-state index in [4.69, 9.17) is 6.42 Å². The van der Waals surface area contributed by atoms with Crippen LogP contribution in [0.3, 0.4) is 0 Å². The normalized spacial score (nSPS) is 14.5. The molecule has 1 aliphatic rings. The van der Waals surface area contributed by atoms with Crippen LogP contribution in [0.1, 0.15) is 35.8 Å². The molecule has 84 valence electrons. The van der Waals surface area contributed by atoms with Crippen LogP contribution in [0.25, 0.3) is 0 Å². The fraction of sp³-hybridized carbons (Fsp3) is 0.417.